The Balaban J connectivity index is 1.11. The zero-order valence-corrected chi connectivity index (χ0v) is 45.9. The zero-order chi connectivity index (χ0) is 57.7. The molecule has 2 unspecified atom stereocenters. The number of hydrogen-bond acceptors (Lipinski definition) is 23. The molecule has 24 nitrogen and oxygen atoms in total. The van der Waals surface area contributed by atoms with E-state index in [2.05, 4.69) is 26.8 Å². The van der Waals surface area contributed by atoms with E-state index >= 15 is 0 Å². The highest BCUT2D eigenvalue weighted by molar-refractivity contribution is 5.73. The number of ether oxygens (including phenoxy) is 8. The molecule has 13 N–H and O–H groups in total. The van der Waals surface area contributed by atoms with Gasteiger partial charge in [0, 0.05) is 17.8 Å². The summed E-state index contributed by atoms with van der Waals surface area (Å²) in [6, 6.07) is 0. The third-order valence-electron chi connectivity index (χ3n) is 20.8. The first-order valence-electron chi connectivity index (χ1n) is 27.5. The molecule has 0 amide bonds. The Kier molecular flexibility index (Phi) is 17.5. The number of hydrogen-bond donors (Lipinski definition) is 13. The summed E-state index contributed by atoms with van der Waals surface area (Å²) in [4.78, 5) is 39.3. The largest absolute Gasteiger partial charge is 0.479 e. The maximum atomic E-state index is 13.2. The lowest BCUT2D eigenvalue weighted by atomic mass is 9.33. The third kappa shape index (κ3) is 9.69. The highest BCUT2D eigenvalue weighted by Gasteiger charge is 2.74. The van der Waals surface area contributed by atoms with Crippen LogP contribution in [-0.2, 0) is 52.3 Å². The van der Waals surface area contributed by atoms with Crippen LogP contribution in [0.25, 0.3) is 0 Å². The van der Waals surface area contributed by atoms with Gasteiger partial charge in [0.25, 0.3) is 0 Å². The van der Waals surface area contributed by atoms with E-state index in [-0.39, 0.29) is 24.7 Å². The van der Waals surface area contributed by atoms with Crippen LogP contribution in [0, 0.1) is 56.2 Å². The summed E-state index contributed by atoms with van der Waals surface area (Å²) >= 11 is 0. The van der Waals surface area contributed by atoms with E-state index in [4.69, 9.17) is 37.9 Å². The molecule has 0 aromatic rings. The number of aliphatic hydroxyl groups excluding tert-OH is 12. The fourth-order valence-corrected chi connectivity index (χ4v) is 16.2. The molecule has 0 spiro atoms. The maximum Gasteiger partial charge on any atom is 0.335 e. The predicted octanol–water partition coefficient (Wildman–Crippen LogP) is -1.63. The second-order valence-electron chi connectivity index (χ2n) is 25.7. The highest BCUT2D eigenvalue weighted by atomic mass is 16.8. The molecule has 7 fully saturated rings. The van der Waals surface area contributed by atoms with Crippen LogP contribution in [0.1, 0.15) is 107 Å². The number of aliphatic hydroxyl groups is 12. The molecule has 3 saturated heterocycles. The van der Waals surface area contributed by atoms with Crippen molar-refractivity contribution >= 4 is 17.9 Å². The monoisotopic (exact) mass is 1120 g/mol. The molecule has 0 aromatic heterocycles. The molecule has 24 heteroatoms. The number of aliphatic carboxylic acids is 1. The molecule has 3 aliphatic heterocycles. The normalized spacial score (nSPS) is 51.0. The van der Waals surface area contributed by atoms with E-state index in [0.717, 1.165) is 5.57 Å². The van der Waals surface area contributed by atoms with Gasteiger partial charge in [-0.1, -0.05) is 67.0 Å². The Morgan fingerprint density at radius 2 is 1.23 bits per heavy atom. The van der Waals surface area contributed by atoms with Gasteiger partial charge in [0.15, 0.2) is 25.0 Å². The van der Waals surface area contributed by atoms with Crippen molar-refractivity contribution in [3.8, 4) is 0 Å². The fourth-order valence-electron chi connectivity index (χ4n) is 16.2. The Morgan fingerprint density at radius 3 is 1.74 bits per heavy atom. The molecular formula is C54H86O24. The zero-order valence-electron chi connectivity index (χ0n) is 45.9. The van der Waals surface area contributed by atoms with Crippen LogP contribution in [-0.4, -0.2) is 227 Å². The minimum Gasteiger partial charge on any atom is -0.479 e. The van der Waals surface area contributed by atoms with Gasteiger partial charge in [-0.3, -0.25) is 9.59 Å². The van der Waals surface area contributed by atoms with Crippen LogP contribution < -0.4 is 0 Å². The van der Waals surface area contributed by atoms with Gasteiger partial charge in [-0.25, -0.2) is 4.79 Å². The standard InChI is InChI=1S/C54H86O24/c1-22(2)45(70)78-42-43(71-23(3)59)54(21-58)25(16-49(42,4)5)24-10-11-29-50(6)14-13-31(51(7,20-57)28(50)12-15-52(29,8)53(24,9)17-30(54)60)74-48-40(76-47-37(66)35(64)33(62)27(19-56)73-47)38(67)39(41(77-48)44(68)69)75-46-36(65)34(63)32(61)26(18-55)72-46/h10,22,25-43,46-48,55-58,60-67H,11-21H2,1-9H3,(H,68,69)/t25-,26+,27+,28?,29?,30+,31-,32+,33+,34-,35-,36+,37+,38-,39-,40+,41-,42-,43-,46-,47-,48+,50-,51+,52+,53+,54-/m0/s1. The summed E-state index contributed by atoms with van der Waals surface area (Å²) in [6.07, 6.45) is -27.9. The molecule has 0 bridgehead atoms. The molecule has 4 saturated carbocycles. The van der Waals surface area contributed by atoms with Gasteiger partial charge >= 0.3 is 17.9 Å². The molecule has 0 radical (unpaired) electrons. The third-order valence-corrected chi connectivity index (χ3v) is 20.8. The van der Waals surface area contributed by atoms with Crippen LogP contribution in [0.4, 0.5) is 0 Å². The quantitative estimate of drug-likeness (QED) is 0.0527. The molecule has 27 atom stereocenters. The number of carbonyl (C=O) groups is 3. The average molecular weight is 1120 g/mol. The van der Waals surface area contributed by atoms with Crippen LogP contribution >= 0.6 is 0 Å². The van der Waals surface area contributed by atoms with E-state index < -0.39 is 205 Å². The first kappa shape index (κ1) is 61.5. The van der Waals surface area contributed by atoms with Gasteiger partial charge in [0.2, 0.25) is 0 Å². The molecular weight excluding hydrogens is 1030 g/mol. The van der Waals surface area contributed by atoms with Crippen LogP contribution in [0.2, 0.25) is 0 Å². The minimum atomic E-state index is -2.17. The number of esters is 2. The summed E-state index contributed by atoms with van der Waals surface area (Å²) in [5, 5.41) is 143. The summed E-state index contributed by atoms with van der Waals surface area (Å²) in [5.41, 5.74) is -4.04. The maximum absolute atomic E-state index is 13.2. The lowest BCUT2D eigenvalue weighted by molar-refractivity contribution is -0.392. The second-order valence-corrected chi connectivity index (χ2v) is 25.7. The molecule has 446 valence electrons. The second kappa shape index (κ2) is 22.2. The van der Waals surface area contributed by atoms with E-state index in [1.165, 1.54) is 6.92 Å². The number of carboxylic acids is 1. The Hall–Kier alpha value is -2.57. The van der Waals surface area contributed by atoms with Gasteiger partial charge in [-0.2, -0.15) is 0 Å². The number of rotatable bonds is 14. The summed E-state index contributed by atoms with van der Waals surface area (Å²) in [6.45, 7) is 14.2. The highest BCUT2D eigenvalue weighted by Crippen LogP contribution is 2.76. The van der Waals surface area contributed by atoms with Gasteiger partial charge in [0.05, 0.1) is 50.0 Å². The Bertz CT molecular complexity index is 2210. The van der Waals surface area contributed by atoms with E-state index in [1.807, 2.05) is 20.8 Å². The first-order chi connectivity index (χ1) is 36.4. The summed E-state index contributed by atoms with van der Waals surface area (Å²) in [7, 11) is 0. The Labute approximate surface area is 453 Å². The van der Waals surface area contributed by atoms with Crippen molar-refractivity contribution in [3.63, 3.8) is 0 Å². The summed E-state index contributed by atoms with van der Waals surface area (Å²) < 4.78 is 48.1. The van der Waals surface area contributed by atoms with E-state index in [9.17, 15) is 80.8 Å². The molecule has 8 rings (SSSR count). The van der Waals surface area contributed by atoms with Crippen molar-refractivity contribution in [1.29, 1.82) is 0 Å². The van der Waals surface area contributed by atoms with Crippen LogP contribution in [0.3, 0.4) is 0 Å². The van der Waals surface area contributed by atoms with Crippen molar-refractivity contribution in [2.45, 2.75) is 224 Å². The minimum absolute atomic E-state index is 0.0782. The lowest BCUT2D eigenvalue weighted by Crippen LogP contribution is -2.72. The number of fused-ring (bicyclic) bond motifs is 7. The lowest BCUT2D eigenvalue weighted by Gasteiger charge is -2.72. The molecule has 78 heavy (non-hydrogen) atoms. The number of allylic oxidation sites excluding steroid dienone is 2. The van der Waals surface area contributed by atoms with Crippen molar-refractivity contribution in [1.82, 2.24) is 0 Å². The fraction of sp³-hybridized carbons (Fsp3) is 0.907. The van der Waals surface area contributed by atoms with Gasteiger partial charge < -0.3 is 104 Å². The predicted molar refractivity (Wildman–Crippen MR) is 264 cm³/mol. The van der Waals surface area contributed by atoms with E-state index in [0.29, 0.717) is 32.1 Å². The molecule has 5 aliphatic carbocycles. The molecule has 8 aliphatic rings. The number of carboxylic acid groups (broad SMARTS) is 1. The van der Waals surface area contributed by atoms with Crippen LogP contribution in [0.5, 0.6) is 0 Å². The van der Waals surface area contributed by atoms with E-state index in [1.54, 1.807) is 13.8 Å². The molecule has 3 heterocycles. The Morgan fingerprint density at radius 1 is 0.654 bits per heavy atom. The summed E-state index contributed by atoms with van der Waals surface area (Å²) in [5.74, 6) is -4.24. The van der Waals surface area contributed by atoms with Gasteiger partial charge in [-0.15, -0.1) is 0 Å². The van der Waals surface area contributed by atoms with Crippen molar-refractivity contribution < 1.29 is 119 Å². The van der Waals surface area contributed by atoms with Crippen LogP contribution in [0.15, 0.2) is 11.6 Å². The molecule has 0 aromatic carbocycles. The van der Waals surface area contributed by atoms with Crippen molar-refractivity contribution in [2.24, 2.45) is 56.2 Å². The average Bonchev–Trinajstić information content (AvgIpc) is 2.21. The smallest absolute Gasteiger partial charge is 0.335 e. The van der Waals surface area contributed by atoms with Gasteiger partial charge in [-0.05, 0) is 78.9 Å². The first-order valence-corrected chi connectivity index (χ1v) is 27.5. The SMILES string of the molecule is CC(=O)O[C@H]1[C@H](OC(=O)C(C)C)C(C)(C)C[C@H]2C3=CCC4[C@@]5(C)CC[C@H](O[C@@H]6O[C@H](C(=O)O)[C@@H](O[C@@H]7O[C@H](CO)[C@@H](O)[C@H](O)[C@H]7O)[C@H](O)[C@H]6O[C@@H]6O[C@H](CO)[C@@H](O)[C@H](O)[C@H]6O)[C@](C)(CO)C5CC[C@@]4(C)[C@]3(C)C[C@@H](O)[C@]21CO. The van der Waals surface area contributed by atoms with Crippen molar-refractivity contribution in [3.05, 3.63) is 11.6 Å². The van der Waals surface area contributed by atoms with Gasteiger partial charge in [0.1, 0.15) is 79.4 Å². The van der Waals surface area contributed by atoms with Crippen molar-refractivity contribution in [2.75, 3.05) is 26.4 Å². The number of carbonyl (C=O) groups excluding carboxylic acids is 2. The topological polar surface area (TPSA) is 388 Å².